The highest BCUT2D eigenvalue weighted by Gasteiger charge is 2.18. The van der Waals surface area contributed by atoms with Crippen molar-refractivity contribution < 1.29 is 5.11 Å². The normalized spacial score (nSPS) is 13.0. The van der Waals surface area contributed by atoms with E-state index in [0.717, 1.165) is 21.3 Å². The van der Waals surface area contributed by atoms with Crippen LogP contribution < -0.4 is 0 Å². The summed E-state index contributed by atoms with van der Waals surface area (Å²) in [5.41, 5.74) is 2.81. The largest absolute Gasteiger partial charge is 0.382 e. The van der Waals surface area contributed by atoms with E-state index < -0.39 is 6.10 Å². The van der Waals surface area contributed by atoms with Gasteiger partial charge >= 0.3 is 0 Å². The molecule has 1 heterocycles. The highest BCUT2D eigenvalue weighted by atomic mass is 79.9. The third-order valence-electron chi connectivity index (χ3n) is 3.00. The summed E-state index contributed by atoms with van der Waals surface area (Å²) in [6, 6.07) is 8.00. The van der Waals surface area contributed by atoms with Crippen molar-refractivity contribution in [3.63, 3.8) is 0 Å². The van der Waals surface area contributed by atoms with Crippen molar-refractivity contribution in [3.8, 4) is 0 Å². The van der Waals surface area contributed by atoms with E-state index in [1.54, 1.807) is 6.20 Å². The monoisotopic (exact) mass is 308 g/mol. The second kappa shape index (κ2) is 5.24. The Balaban J connectivity index is 2.41. The number of aliphatic hydroxyl groups is 1. The van der Waals surface area contributed by atoms with Crippen LogP contribution in [0.2, 0.25) is 0 Å². The lowest BCUT2D eigenvalue weighted by Gasteiger charge is -2.18. The maximum absolute atomic E-state index is 10.5. The van der Waals surface area contributed by atoms with Gasteiger partial charge in [-0.3, -0.25) is 4.68 Å². The number of hydrogen-bond acceptors (Lipinski definition) is 2. The predicted octanol–water partition coefficient (Wildman–Crippen LogP) is 3.62. The van der Waals surface area contributed by atoms with Gasteiger partial charge in [0.25, 0.3) is 0 Å². The highest BCUT2D eigenvalue weighted by Crippen LogP contribution is 2.27. The SMILES string of the molecule is Cc1cc(Br)ccc1C(O)c1ccnn1C(C)C. The van der Waals surface area contributed by atoms with Gasteiger partial charge in [-0.25, -0.2) is 0 Å². The fourth-order valence-electron chi connectivity index (χ4n) is 2.08. The van der Waals surface area contributed by atoms with Crippen molar-refractivity contribution in [3.05, 3.63) is 51.8 Å². The molecule has 1 atom stereocenters. The molecule has 0 radical (unpaired) electrons. The van der Waals surface area contributed by atoms with E-state index in [0.29, 0.717) is 0 Å². The molecule has 0 bridgehead atoms. The minimum atomic E-state index is -0.636. The van der Waals surface area contributed by atoms with Crippen LogP contribution in [-0.4, -0.2) is 14.9 Å². The first kappa shape index (κ1) is 13.3. The molecule has 2 rings (SSSR count). The molecule has 0 aliphatic rings. The average molecular weight is 309 g/mol. The molecule has 2 aromatic rings. The van der Waals surface area contributed by atoms with E-state index in [1.807, 2.05) is 35.9 Å². The molecule has 0 amide bonds. The summed E-state index contributed by atoms with van der Waals surface area (Å²) in [4.78, 5) is 0. The van der Waals surface area contributed by atoms with Gasteiger partial charge in [0.15, 0.2) is 0 Å². The molecule has 4 heteroatoms. The van der Waals surface area contributed by atoms with Gasteiger partial charge in [-0.15, -0.1) is 0 Å². The molecule has 3 nitrogen and oxygen atoms in total. The zero-order valence-electron chi connectivity index (χ0n) is 10.8. The summed E-state index contributed by atoms with van der Waals surface area (Å²) in [6.45, 7) is 6.11. The zero-order valence-corrected chi connectivity index (χ0v) is 12.3. The van der Waals surface area contributed by atoms with E-state index in [9.17, 15) is 5.11 Å². The van der Waals surface area contributed by atoms with Crippen molar-refractivity contribution in [2.75, 3.05) is 0 Å². The first-order valence-corrected chi connectivity index (χ1v) is 6.77. The molecule has 0 fully saturated rings. The quantitative estimate of drug-likeness (QED) is 0.940. The summed E-state index contributed by atoms with van der Waals surface area (Å²) >= 11 is 3.43. The van der Waals surface area contributed by atoms with E-state index in [4.69, 9.17) is 0 Å². The summed E-state index contributed by atoms with van der Waals surface area (Å²) in [5.74, 6) is 0. The topological polar surface area (TPSA) is 38.1 Å². The molecule has 1 N–H and O–H groups in total. The standard InChI is InChI=1S/C14H17BrN2O/c1-9(2)17-13(6-7-16-17)14(18)12-5-4-11(15)8-10(12)3/h4-9,14,18H,1-3H3. The Morgan fingerprint density at radius 3 is 2.61 bits per heavy atom. The molecular weight excluding hydrogens is 292 g/mol. The number of nitrogens with zero attached hydrogens (tertiary/aromatic N) is 2. The van der Waals surface area contributed by atoms with Gasteiger partial charge < -0.3 is 5.11 Å². The Bertz CT molecular complexity index is 548. The molecule has 18 heavy (non-hydrogen) atoms. The molecule has 1 unspecified atom stereocenters. The van der Waals surface area contributed by atoms with Crippen LogP contribution in [0.15, 0.2) is 34.9 Å². The fourth-order valence-corrected chi connectivity index (χ4v) is 2.55. The Morgan fingerprint density at radius 1 is 1.28 bits per heavy atom. The van der Waals surface area contributed by atoms with E-state index in [-0.39, 0.29) is 6.04 Å². The predicted molar refractivity (Wildman–Crippen MR) is 75.6 cm³/mol. The molecule has 96 valence electrons. The van der Waals surface area contributed by atoms with Crippen LogP contribution in [0, 0.1) is 6.92 Å². The second-order valence-electron chi connectivity index (χ2n) is 4.70. The Hall–Kier alpha value is -1.13. The van der Waals surface area contributed by atoms with Crippen LogP contribution in [0.25, 0.3) is 0 Å². The van der Waals surface area contributed by atoms with Crippen molar-refractivity contribution in [1.82, 2.24) is 9.78 Å². The number of aromatic nitrogens is 2. The average Bonchev–Trinajstić information content (AvgIpc) is 2.77. The third-order valence-corrected chi connectivity index (χ3v) is 3.49. The van der Waals surface area contributed by atoms with Gasteiger partial charge in [-0.2, -0.15) is 5.10 Å². The van der Waals surface area contributed by atoms with Gasteiger partial charge in [0.2, 0.25) is 0 Å². The minimum Gasteiger partial charge on any atom is -0.382 e. The Kier molecular flexibility index (Phi) is 3.88. The van der Waals surface area contributed by atoms with Crippen LogP contribution in [-0.2, 0) is 0 Å². The fraction of sp³-hybridized carbons (Fsp3) is 0.357. The zero-order chi connectivity index (χ0) is 13.3. The first-order chi connectivity index (χ1) is 8.50. The van der Waals surface area contributed by atoms with Crippen LogP contribution >= 0.6 is 15.9 Å². The summed E-state index contributed by atoms with van der Waals surface area (Å²) in [6.07, 6.45) is 1.09. The Morgan fingerprint density at radius 2 is 2.00 bits per heavy atom. The summed E-state index contributed by atoms with van der Waals surface area (Å²) in [5, 5.41) is 14.8. The number of aliphatic hydroxyl groups excluding tert-OH is 1. The molecule has 1 aromatic carbocycles. The lowest BCUT2D eigenvalue weighted by Crippen LogP contribution is -2.12. The van der Waals surface area contributed by atoms with Crippen LogP contribution in [0.5, 0.6) is 0 Å². The van der Waals surface area contributed by atoms with Crippen molar-refractivity contribution in [2.45, 2.75) is 32.9 Å². The third kappa shape index (κ3) is 2.49. The number of benzene rings is 1. The lowest BCUT2D eigenvalue weighted by molar-refractivity contribution is 0.204. The molecule has 1 aromatic heterocycles. The van der Waals surface area contributed by atoms with Crippen molar-refractivity contribution in [1.29, 1.82) is 0 Å². The molecule has 0 saturated heterocycles. The maximum atomic E-state index is 10.5. The van der Waals surface area contributed by atoms with Gasteiger partial charge in [-0.05, 0) is 50.1 Å². The van der Waals surface area contributed by atoms with E-state index in [2.05, 4.69) is 34.9 Å². The summed E-state index contributed by atoms with van der Waals surface area (Å²) in [7, 11) is 0. The highest BCUT2D eigenvalue weighted by molar-refractivity contribution is 9.10. The number of aryl methyl sites for hydroxylation is 1. The van der Waals surface area contributed by atoms with Gasteiger partial charge in [-0.1, -0.05) is 22.0 Å². The van der Waals surface area contributed by atoms with Crippen LogP contribution in [0.3, 0.4) is 0 Å². The number of hydrogen-bond donors (Lipinski definition) is 1. The first-order valence-electron chi connectivity index (χ1n) is 5.98. The smallest absolute Gasteiger partial charge is 0.121 e. The molecular formula is C14H17BrN2O. The molecule has 0 spiro atoms. The van der Waals surface area contributed by atoms with Crippen molar-refractivity contribution in [2.24, 2.45) is 0 Å². The summed E-state index contributed by atoms with van der Waals surface area (Å²) < 4.78 is 2.87. The minimum absolute atomic E-state index is 0.236. The molecule has 0 aliphatic carbocycles. The number of rotatable bonds is 3. The van der Waals surface area contributed by atoms with Gasteiger partial charge in [0, 0.05) is 16.7 Å². The molecule has 0 aliphatic heterocycles. The van der Waals surface area contributed by atoms with E-state index >= 15 is 0 Å². The lowest BCUT2D eigenvalue weighted by atomic mass is 10.0. The second-order valence-corrected chi connectivity index (χ2v) is 5.61. The van der Waals surface area contributed by atoms with E-state index in [1.165, 1.54) is 0 Å². The van der Waals surface area contributed by atoms with Gasteiger partial charge in [0.1, 0.15) is 6.10 Å². The van der Waals surface area contributed by atoms with Crippen LogP contribution in [0.1, 0.15) is 42.8 Å². The van der Waals surface area contributed by atoms with Crippen molar-refractivity contribution >= 4 is 15.9 Å². The maximum Gasteiger partial charge on any atom is 0.121 e. The number of halogens is 1. The van der Waals surface area contributed by atoms with Gasteiger partial charge in [0.05, 0.1) is 5.69 Å². The molecule has 0 saturated carbocycles. The van der Waals surface area contributed by atoms with Crippen LogP contribution in [0.4, 0.5) is 0 Å². The Labute approximate surface area is 116 Å².